The largest absolute Gasteiger partial charge is 0.284 e. The molecule has 98 valence electrons. The zero-order valence-electron chi connectivity index (χ0n) is 10.2. The molecule has 0 bridgehead atoms. The topological polar surface area (TPSA) is 45.2 Å². The van der Waals surface area contributed by atoms with Crippen LogP contribution in [0.25, 0.3) is 0 Å². The summed E-state index contributed by atoms with van der Waals surface area (Å²) in [6.45, 7) is 3.75. The number of rotatable bonds is 4. The quantitative estimate of drug-likeness (QED) is 0.866. The molecule has 0 saturated heterocycles. The van der Waals surface area contributed by atoms with Gasteiger partial charge in [-0.15, -0.1) is 17.9 Å². The summed E-state index contributed by atoms with van der Waals surface area (Å²) in [5.74, 6) is -0.0768. The number of aromatic nitrogens is 1. The second-order valence-corrected chi connectivity index (χ2v) is 13.1. The molecule has 0 spiro atoms. The van der Waals surface area contributed by atoms with Gasteiger partial charge in [-0.3, -0.25) is 15.2 Å². The molecule has 1 amide bonds. The van der Waals surface area contributed by atoms with Gasteiger partial charge in [-0.25, -0.2) is 5.01 Å². The van der Waals surface area contributed by atoms with Crippen molar-refractivity contribution >= 4 is 44.3 Å². The molecule has 4 unspecified atom stereocenters. The van der Waals surface area contributed by atoms with E-state index in [1.165, 1.54) is 5.30 Å². The van der Waals surface area contributed by atoms with Gasteiger partial charge in [0.2, 0.25) is 0 Å². The van der Waals surface area contributed by atoms with E-state index in [0.29, 0.717) is 5.69 Å². The van der Waals surface area contributed by atoms with Crippen LogP contribution in [0.5, 0.6) is 0 Å². The minimum Gasteiger partial charge on any atom is -0.283 e. The number of fused-ring (bicyclic) bond motifs is 1. The Hall–Kier alpha value is 0.300. The maximum absolute atomic E-state index is 12.0. The number of carbonyl (C=O) groups is 1. The lowest BCUT2D eigenvalue weighted by atomic mass is 10.1. The Morgan fingerprint density at radius 3 is 3.11 bits per heavy atom. The molecule has 0 aromatic carbocycles. The highest BCUT2D eigenvalue weighted by atomic mass is 32.6. The van der Waals surface area contributed by atoms with Crippen LogP contribution in [-0.4, -0.2) is 22.4 Å². The highest BCUT2D eigenvalue weighted by Crippen LogP contribution is 2.65. The molecule has 4 atom stereocenters. The van der Waals surface area contributed by atoms with Gasteiger partial charge >= 0.3 is 0 Å². The van der Waals surface area contributed by atoms with Crippen LogP contribution in [-0.2, 0) is 6.54 Å². The third-order valence-corrected chi connectivity index (χ3v) is 12.9. The number of hydrazine groups is 1. The molecule has 2 heterocycles. The average Bonchev–Trinajstić information content (AvgIpc) is 2.38. The van der Waals surface area contributed by atoms with Gasteiger partial charge in [0.05, 0.1) is 0 Å². The summed E-state index contributed by atoms with van der Waals surface area (Å²) in [6, 6.07) is 2.05. The van der Waals surface area contributed by atoms with Crippen LogP contribution >= 0.6 is 33.1 Å². The third-order valence-electron chi connectivity index (χ3n) is 2.75. The molecule has 1 aliphatic heterocycles. The number of pyridine rings is 1. The third kappa shape index (κ3) is 3.06. The summed E-state index contributed by atoms with van der Waals surface area (Å²) in [6.07, 6.45) is 2.76. The highest BCUT2D eigenvalue weighted by molar-refractivity contribution is 8.63. The van der Waals surface area contributed by atoms with Crippen molar-refractivity contribution in [3.8, 4) is 0 Å². The molecule has 0 radical (unpaired) electrons. The van der Waals surface area contributed by atoms with Gasteiger partial charge < -0.3 is 0 Å². The van der Waals surface area contributed by atoms with E-state index in [4.69, 9.17) is 0 Å². The van der Waals surface area contributed by atoms with Crippen LogP contribution < -0.4 is 10.7 Å². The highest BCUT2D eigenvalue weighted by Gasteiger charge is 2.26. The number of nitrogens with one attached hydrogen (secondary N) is 1. The fraction of sp³-hybridized carbons (Fsp3) is 0.400. The smallest absolute Gasteiger partial charge is 0.283 e. The summed E-state index contributed by atoms with van der Waals surface area (Å²) in [4.78, 5) is 16.2. The van der Waals surface area contributed by atoms with Crippen LogP contribution in [0.15, 0.2) is 12.3 Å². The van der Waals surface area contributed by atoms with E-state index in [-0.39, 0.29) is 13.2 Å². The van der Waals surface area contributed by atoms with Crippen molar-refractivity contribution in [1.29, 1.82) is 0 Å². The van der Waals surface area contributed by atoms with Crippen molar-refractivity contribution in [3.63, 3.8) is 0 Å². The standard InChI is InChI=1S/C10H17N3OP4/c1-2-5-13-6-7-8(18(16)17-15)3-4-11-9(7)10(14)12-13/h3-4,17H,2,5-6,15-16H2,1H3,(H,12,14). The number of hydrogen-bond donors (Lipinski definition) is 1. The van der Waals surface area contributed by atoms with E-state index in [1.54, 1.807) is 6.20 Å². The van der Waals surface area contributed by atoms with Gasteiger partial charge in [-0.1, -0.05) is 14.9 Å². The molecule has 1 aliphatic rings. The van der Waals surface area contributed by atoms with Crippen LogP contribution in [0, 0.1) is 0 Å². The SMILES string of the molecule is CCCN1Cc2c(P(P)PP)ccnc2C(=O)N1. The molecule has 0 fully saturated rings. The van der Waals surface area contributed by atoms with Crippen LogP contribution in [0.1, 0.15) is 29.4 Å². The monoisotopic (exact) mass is 319 g/mol. The van der Waals surface area contributed by atoms with Crippen LogP contribution in [0.2, 0.25) is 0 Å². The predicted octanol–water partition coefficient (Wildman–Crippen LogP) is 2.23. The molecule has 0 aliphatic carbocycles. The van der Waals surface area contributed by atoms with Crippen molar-refractivity contribution in [2.45, 2.75) is 19.9 Å². The second kappa shape index (κ2) is 6.65. The van der Waals surface area contributed by atoms with E-state index in [2.05, 4.69) is 41.3 Å². The molecule has 1 aromatic rings. The number of carbonyl (C=O) groups excluding carboxylic acids is 1. The molecular weight excluding hydrogens is 302 g/mol. The van der Waals surface area contributed by atoms with Gasteiger partial charge in [-0.2, -0.15) is 0 Å². The molecule has 18 heavy (non-hydrogen) atoms. The van der Waals surface area contributed by atoms with Crippen molar-refractivity contribution in [2.24, 2.45) is 0 Å². The van der Waals surface area contributed by atoms with E-state index >= 15 is 0 Å². The fourth-order valence-corrected chi connectivity index (χ4v) is 5.82. The maximum atomic E-state index is 12.0. The Bertz CT molecular complexity index is 457. The Labute approximate surface area is 115 Å². The zero-order valence-corrected chi connectivity index (χ0v) is 14.4. The first-order valence-corrected chi connectivity index (χ1v) is 12.3. The maximum Gasteiger partial charge on any atom is 0.284 e. The molecular formula is C10H17N3OP4. The van der Waals surface area contributed by atoms with Crippen LogP contribution in [0.3, 0.4) is 0 Å². The summed E-state index contributed by atoms with van der Waals surface area (Å²) in [5, 5.41) is 3.26. The van der Waals surface area contributed by atoms with Gasteiger partial charge in [0.1, 0.15) is 5.69 Å². The predicted molar refractivity (Wildman–Crippen MR) is 86.7 cm³/mol. The summed E-state index contributed by atoms with van der Waals surface area (Å²) >= 11 is 0. The van der Waals surface area contributed by atoms with Gasteiger partial charge in [0.25, 0.3) is 5.91 Å². The normalized spacial score (nSPS) is 17.8. The molecule has 2 rings (SSSR count). The minimum absolute atomic E-state index is 0.0768. The van der Waals surface area contributed by atoms with Gasteiger partial charge in [0, 0.05) is 24.8 Å². The van der Waals surface area contributed by atoms with Gasteiger partial charge in [-0.05, 0) is 25.1 Å². The van der Waals surface area contributed by atoms with Gasteiger partial charge in [0.15, 0.2) is 0 Å². The van der Waals surface area contributed by atoms with E-state index in [9.17, 15) is 4.79 Å². The Morgan fingerprint density at radius 2 is 2.44 bits per heavy atom. The van der Waals surface area contributed by atoms with Crippen molar-refractivity contribution in [1.82, 2.24) is 15.4 Å². The number of nitrogens with zero attached hydrogens (tertiary/aromatic N) is 2. The molecule has 0 saturated carbocycles. The second-order valence-electron chi connectivity index (χ2n) is 4.02. The summed E-state index contributed by atoms with van der Waals surface area (Å²) < 4.78 is 0. The Kier molecular flexibility index (Phi) is 5.43. The number of hydrogen-bond acceptors (Lipinski definition) is 3. The lowest BCUT2D eigenvalue weighted by Gasteiger charge is -2.30. The Morgan fingerprint density at radius 1 is 1.67 bits per heavy atom. The Balaban J connectivity index is 2.38. The molecule has 8 heteroatoms. The fourth-order valence-electron chi connectivity index (χ4n) is 1.96. The first kappa shape index (κ1) is 14.7. The molecule has 1 N–H and O–H groups in total. The van der Waals surface area contributed by atoms with Crippen LogP contribution in [0.4, 0.5) is 0 Å². The van der Waals surface area contributed by atoms with Crippen molar-refractivity contribution in [2.75, 3.05) is 6.54 Å². The number of amides is 1. The lowest BCUT2D eigenvalue weighted by Crippen LogP contribution is -2.48. The zero-order chi connectivity index (χ0) is 13.1. The van der Waals surface area contributed by atoms with Crippen molar-refractivity contribution in [3.05, 3.63) is 23.5 Å². The molecule has 4 nitrogen and oxygen atoms in total. The first-order chi connectivity index (χ1) is 8.67. The summed E-state index contributed by atoms with van der Waals surface area (Å²) in [5.41, 5.74) is 4.58. The van der Waals surface area contributed by atoms with E-state index < -0.39 is 0 Å². The van der Waals surface area contributed by atoms with E-state index in [0.717, 1.165) is 33.0 Å². The summed E-state index contributed by atoms with van der Waals surface area (Å²) in [7, 11) is 6.21. The molecule has 1 aromatic heterocycles. The first-order valence-electron chi connectivity index (χ1n) is 5.72. The average molecular weight is 319 g/mol. The lowest BCUT2D eigenvalue weighted by molar-refractivity contribution is 0.0727. The van der Waals surface area contributed by atoms with E-state index in [1.807, 2.05) is 5.01 Å². The minimum atomic E-state index is -0.275. The van der Waals surface area contributed by atoms with Crippen molar-refractivity contribution < 1.29 is 4.79 Å².